The van der Waals surface area contributed by atoms with Crippen LogP contribution in [0.5, 0.6) is 0 Å². The molecule has 1 aliphatic rings. The van der Waals surface area contributed by atoms with E-state index >= 15 is 0 Å². The van der Waals surface area contributed by atoms with Crippen LogP contribution in [0.4, 0.5) is 0 Å². The number of rotatable bonds is 11. The minimum Gasteiger partial charge on any atom is -0.490 e. The number of ether oxygens (including phenoxy) is 3. The Kier molecular flexibility index (Phi) is 17.1. The number of methoxy groups -OCH3 is 2. The molecule has 0 aliphatic carbocycles. The molecular weight excluding hydrogens is 564 g/mol. The van der Waals surface area contributed by atoms with Gasteiger partial charge in [0.25, 0.3) is 0 Å². The van der Waals surface area contributed by atoms with Gasteiger partial charge in [-0.1, -0.05) is 84.4 Å². The Labute approximate surface area is 264 Å². The fourth-order valence-corrected chi connectivity index (χ4v) is 5.42. The number of carbonyl (C=O) groups is 2. The van der Waals surface area contributed by atoms with Crippen LogP contribution in [0.25, 0.3) is 0 Å². The maximum absolute atomic E-state index is 13.4. The molecule has 9 nitrogen and oxygen atoms in total. The van der Waals surface area contributed by atoms with E-state index in [2.05, 4.69) is 0 Å². The van der Waals surface area contributed by atoms with Crippen molar-refractivity contribution < 1.29 is 44.2 Å². The Balaban J connectivity index is 3.51. The van der Waals surface area contributed by atoms with Gasteiger partial charge < -0.3 is 34.6 Å². The van der Waals surface area contributed by atoms with Crippen molar-refractivity contribution in [3.05, 3.63) is 59.4 Å². The van der Waals surface area contributed by atoms with Crippen molar-refractivity contribution in [2.24, 2.45) is 35.5 Å². The molecule has 0 aromatic heterocycles. The molecule has 1 unspecified atom stereocenters. The third-order valence-corrected chi connectivity index (χ3v) is 8.49. The lowest BCUT2D eigenvalue weighted by Gasteiger charge is -2.33. The normalized spacial score (nSPS) is 32.2. The zero-order chi connectivity index (χ0) is 33.7. The van der Waals surface area contributed by atoms with Gasteiger partial charge in [0.1, 0.15) is 12.2 Å². The number of hydrogen-bond donors (Lipinski definition) is 4. The van der Waals surface area contributed by atoms with Crippen LogP contribution in [-0.4, -0.2) is 83.5 Å². The Bertz CT molecular complexity index is 1070. The molecule has 0 fully saturated rings. The highest BCUT2D eigenvalue weighted by atomic mass is 16.6. The van der Waals surface area contributed by atoms with Gasteiger partial charge in [0.05, 0.1) is 32.0 Å². The largest absolute Gasteiger partial charge is 0.490 e. The fourth-order valence-electron chi connectivity index (χ4n) is 5.42. The summed E-state index contributed by atoms with van der Waals surface area (Å²) in [6.07, 6.45) is 7.57. The number of esters is 1. The lowest BCUT2D eigenvalue weighted by atomic mass is 9.84. The molecule has 1 rings (SSSR count). The molecule has 0 amide bonds. The summed E-state index contributed by atoms with van der Waals surface area (Å²) in [6, 6.07) is 0. The van der Waals surface area contributed by atoms with E-state index in [9.17, 15) is 30.0 Å². The van der Waals surface area contributed by atoms with E-state index in [1.807, 2.05) is 40.7 Å². The maximum Gasteiger partial charge on any atom is 0.373 e. The zero-order valence-corrected chi connectivity index (χ0v) is 28.1. The van der Waals surface area contributed by atoms with Crippen molar-refractivity contribution in [2.45, 2.75) is 92.3 Å². The standard InChI is InChI=1S/C35H56O9/c1-20(2)31(38)22(4)14-15-28(37)25(7)33(40)26(8)34-29(42-9)13-11-12-27(19-36)18-24(6)32(39)23(5)16-21(3)17-30(43-10)35(41)44-34/h11-17,20,22-26,29,31-34,36,38-40H,18-19H2,1-10H3/b13-11-,15-14+,21-16-,27-12+,30-17+/t22-,23+,24-,25+,26-,29-,31+,32-,33?,34+/m0/s1. The first-order chi connectivity index (χ1) is 20.6. The first kappa shape index (κ1) is 39.5. The predicted molar refractivity (Wildman–Crippen MR) is 171 cm³/mol. The summed E-state index contributed by atoms with van der Waals surface area (Å²) in [6.45, 7) is 14.3. The maximum atomic E-state index is 13.4. The topological polar surface area (TPSA) is 143 Å². The SMILES string of the molecule is CO/C1=C/C(C)=C\[C@@H](C)[C@H](O)[C@@H](C)C/C(CO)=C\C=C/[C@H](OC)[C@@H]([C@@H](C)C(O)[C@H](C)C(=O)/C=C/[C@H](C)[C@H](O)C(C)C)OC1=O. The van der Waals surface area contributed by atoms with Crippen LogP contribution in [0.15, 0.2) is 59.4 Å². The average Bonchev–Trinajstić information content (AvgIpc) is 2.99. The molecular formula is C35H56O9. The monoisotopic (exact) mass is 620 g/mol. The summed E-state index contributed by atoms with van der Waals surface area (Å²) in [7, 11) is 2.80. The quantitative estimate of drug-likeness (QED) is 0.196. The Morgan fingerprint density at radius 1 is 1.11 bits per heavy atom. The summed E-state index contributed by atoms with van der Waals surface area (Å²) < 4.78 is 17.0. The van der Waals surface area contributed by atoms with Gasteiger partial charge in [-0.05, 0) is 42.9 Å². The molecule has 10 atom stereocenters. The summed E-state index contributed by atoms with van der Waals surface area (Å²) in [5, 5.41) is 42.5. The third-order valence-electron chi connectivity index (χ3n) is 8.49. The molecule has 0 aromatic rings. The Morgan fingerprint density at radius 3 is 2.30 bits per heavy atom. The Hall–Kier alpha value is -2.56. The number of cyclic esters (lactones) is 1. The molecule has 1 aliphatic heterocycles. The van der Waals surface area contributed by atoms with Crippen molar-refractivity contribution in [1.82, 2.24) is 0 Å². The van der Waals surface area contributed by atoms with Crippen molar-refractivity contribution in [1.29, 1.82) is 0 Å². The minimum atomic E-state index is -1.21. The van der Waals surface area contributed by atoms with Gasteiger partial charge in [-0.3, -0.25) is 4.79 Å². The highest BCUT2D eigenvalue weighted by molar-refractivity contribution is 5.92. The summed E-state index contributed by atoms with van der Waals surface area (Å²) in [5.41, 5.74) is 1.38. The van der Waals surface area contributed by atoms with E-state index in [1.165, 1.54) is 26.4 Å². The van der Waals surface area contributed by atoms with Gasteiger partial charge in [0.2, 0.25) is 5.76 Å². The lowest BCUT2D eigenvalue weighted by molar-refractivity contribution is -0.162. The number of hydrogen-bond acceptors (Lipinski definition) is 9. The van der Waals surface area contributed by atoms with Crippen molar-refractivity contribution >= 4 is 11.8 Å². The van der Waals surface area contributed by atoms with Gasteiger partial charge in [0, 0.05) is 30.8 Å². The second-order valence-corrected chi connectivity index (χ2v) is 12.6. The van der Waals surface area contributed by atoms with E-state index in [-0.39, 0.29) is 41.8 Å². The molecule has 0 saturated heterocycles. The first-order valence-electron chi connectivity index (χ1n) is 15.5. The number of carbonyl (C=O) groups excluding carboxylic acids is 2. The highest BCUT2D eigenvalue weighted by Crippen LogP contribution is 2.27. The van der Waals surface area contributed by atoms with Crippen LogP contribution >= 0.6 is 0 Å². The molecule has 250 valence electrons. The molecule has 0 radical (unpaired) electrons. The van der Waals surface area contributed by atoms with E-state index < -0.39 is 48.3 Å². The van der Waals surface area contributed by atoms with E-state index in [0.29, 0.717) is 17.6 Å². The van der Waals surface area contributed by atoms with Crippen molar-refractivity contribution in [3.8, 4) is 0 Å². The van der Waals surface area contributed by atoms with Gasteiger partial charge in [-0.15, -0.1) is 0 Å². The van der Waals surface area contributed by atoms with Crippen molar-refractivity contribution in [2.75, 3.05) is 20.8 Å². The summed E-state index contributed by atoms with van der Waals surface area (Å²) in [5.74, 6) is -3.41. The van der Waals surface area contributed by atoms with Crippen LogP contribution in [0.3, 0.4) is 0 Å². The smallest absolute Gasteiger partial charge is 0.373 e. The van der Waals surface area contributed by atoms with Gasteiger partial charge in [-0.25, -0.2) is 4.79 Å². The third kappa shape index (κ3) is 11.7. The van der Waals surface area contributed by atoms with Crippen LogP contribution in [0.1, 0.15) is 61.8 Å². The second-order valence-electron chi connectivity index (χ2n) is 12.6. The predicted octanol–water partition coefficient (Wildman–Crippen LogP) is 4.31. The Morgan fingerprint density at radius 2 is 1.75 bits per heavy atom. The van der Waals surface area contributed by atoms with Crippen molar-refractivity contribution in [3.63, 3.8) is 0 Å². The number of allylic oxidation sites excluding steroid dienone is 5. The van der Waals surface area contributed by atoms with Crippen LogP contribution in [-0.2, 0) is 23.8 Å². The van der Waals surface area contributed by atoms with Gasteiger partial charge in [-0.2, -0.15) is 0 Å². The van der Waals surface area contributed by atoms with Gasteiger partial charge >= 0.3 is 5.97 Å². The molecule has 9 heteroatoms. The average molecular weight is 621 g/mol. The molecule has 4 N–H and O–H groups in total. The molecule has 0 bridgehead atoms. The fraction of sp³-hybridized carbons (Fsp3) is 0.657. The van der Waals surface area contributed by atoms with E-state index in [1.54, 1.807) is 45.1 Å². The van der Waals surface area contributed by atoms with Gasteiger partial charge in [0.15, 0.2) is 5.78 Å². The molecule has 0 saturated carbocycles. The van der Waals surface area contributed by atoms with E-state index in [4.69, 9.17) is 14.2 Å². The summed E-state index contributed by atoms with van der Waals surface area (Å²) >= 11 is 0. The number of aliphatic hydroxyl groups excluding tert-OH is 4. The van der Waals surface area contributed by atoms with Crippen LogP contribution in [0, 0.1) is 35.5 Å². The molecule has 0 spiro atoms. The zero-order valence-electron chi connectivity index (χ0n) is 28.1. The van der Waals surface area contributed by atoms with Crippen LogP contribution in [0.2, 0.25) is 0 Å². The second kappa shape index (κ2) is 19.1. The van der Waals surface area contributed by atoms with Crippen LogP contribution < -0.4 is 0 Å². The highest BCUT2D eigenvalue weighted by Gasteiger charge is 2.38. The molecule has 1 heterocycles. The first-order valence-corrected chi connectivity index (χ1v) is 15.5. The number of ketones is 1. The summed E-state index contributed by atoms with van der Waals surface area (Å²) in [4.78, 5) is 26.4. The number of aliphatic hydroxyl groups is 4. The lowest BCUT2D eigenvalue weighted by Crippen LogP contribution is -2.45. The van der Waals surface area contributed by atoms with E-state index in [0.717, 1.165) is 0 Å². The minimum absolute atomic E-state index is 0.0251. The molecule has 44 heavy (non-hydrogen) atoms. The molecule has 0 aromatic carbocycles.